The Hall–Kier alpha value is -1.59. The van der Waals surface area contributed by atoms with Crippen LogP contribution in [0.3, 0.4) is 0 Å². The lowest BCUT2D eigenvalue weighted by molar-refractivity contribution is -0.174. The third kappa shape index (κ3) is 1.64. The van der Waals surface area contributed by atoms with E-state index >= 15 is 0 Å². The zero-order valence-corrected chi connectivity index (χ0v) is 8.00. The molecule has 0 amide bonds. The van der Waals surface area contributed by atoms with Crippen LogP contribution in [0.4, 0.5) is 13.2 Å². The average Bonchev–Trinajstić information content (AvgIpc) is 2.64. The lowest BCUT2D eigenvalue weighted by Crippen LogP contribution is -2.37. The van der Waals surface area contributed by atoms with Crippen LogP contribution in [0.2, 0.25) is 0 Å². The number of halogens is 3. The molecular formula is C10H7F3O3. The fraction of sp³-hybridized carbons (Fsp3) is 0.400. The number of carbonyl (C=O) groups excluding carboxylic acids is 2. The summed E-state index contributed by atoms with van der Waals surface area (Å²) in [6.07, 6.45) is -3.68. The smallest absolute Gasteiger partial charge is 0.450 e. The van der Waals surface area contributed by atoms with E-state index < -0.39 is 23.7 Å². The van der Waals surface area contributed by atoms with Gasteiger partial charge in [-0.1, -0.05) is 0 Å². The maximum atomic E-state index is 12.2. The molecule has 0 fully saturated rings. The average molecular weight is 232 g/mol. The molecule has 1 aliphatic carbocycles. The second-order valence-corrected chi connectivity index (χ2v) is 3.57. The number of carbonyl (C=O) groups is 2. The summed E-state index contributed by atoms with van der Waals surface area (Å²) in [6, 6.07) is 1.30. The monoisotopic (exact) mass is 232 g/mol. The standard InChI is InChI=1S/C10H7F3O3/c11-10(12,13)9(15)6-1-2-7-5(8(6)14)3-4-16-7/h3-4,6H,1-2H2. The van der Waals surface area contributed by atoms with Gasteiger partial charge in [0.2, 0.25) is 5.78 Å². The van der Waals surface area contributed by atoms with Gasteiger partial charge in [-0.05, 0) is 12.5 Å². The van der Waals surface area contributed by atoms with Gasteiger partial charge in [-0.15, -0.1) is 0 Å². The predicted octanol–water partition coefficient (Wildman–Crippen LogP) is 2.16. The van der Waals surface area contributed by atoms with E-state index in [1.807, 2.05) is 0 Å². The fourth-order valence-electron chi connectivity index (χ4n) is 1.80. The largest absolute Gasteiger partial charge is 0.469 e. The fourth-order valence-corrected chi connectivity index (χ4v) is 1.80. The van der Waals surface area contributed by atoms with Crippen LogP contribution in [-0.4, -0.2) is 17.7 Å². The predicted molar refractivity (Wildman–Crippen MR) is 45.9 cm³/mol. The van der Waals surface area contributed by atoms with Gasteiger partial charge < -0.3 is 4.42 Å². The van der Waals surface area contributed by atoms with Crippen molar-refractivity contribution in [2.24, 2.45) is 5.92 Å². The molecule has 0 aromatic carbocycles. The number of hydrogen-bond acceptors (Lipinski definition) is 3. The van der Waals surface area contributed by atoms with Gasteiger partial charge in [0.1, 0.15) is 5.76 Å². The van der Waals surface area contributed by atoms with Crippen LogP contribution < -0.4 is 0 Å². The van der Waals surface area contributed by atoms with E-state index in [2.05, 4.69) is 0 Å². The Morgan fingerprint density at radius 2 is 2.12 bits per heavy atom. The van der Waals surface area contributed by atoms with Gasteiger partial charge in [-0.25, -0.2) is 0 Å². The van der Waals surface area contributed by atoms with E-state index in [1.165, 1.54) is 12.3 Å². The number of hydrogen-bond donors (Lipinski definition) is 0. The highest BCUT2D eigenvalue weighted by atomic mass is 19.4. The Kier molecular flexibility index (Phi) is 2.36. The molecule has 0 radical (unpaired) electrons. The van der Waals surface area contributed by atoms with E-state index in [1.54, 1.807) is 0 Å². The first-order valence-electron chi connectivity index (χ1n) is 4.63. The number of alkyl halides is 3. The van der Waals surface area contributed by atoms with Crippen LogP contribution in [0.15, 0.2) is 16.7 Å². The molecular weight excluding hydrogens is 225 g/mol. The number of rotatable bonds is 1. The summed E-state index contributed by atoms with van der Waals surface area (Å²) in [5.74, 6) is -4.01. The zero-order chi connectivity index (χ0) is 11.9. The van der Waals surface area contributed by atoms with Crippen molar-refractivity contribution in [3.05, 3.63) is 23.7 Å². The Morgan fingerprint density at radius 1 is 1.44 bits per heavy atom. The number of Topliss-reactive ketones (excluding diaryl/α,β-unsaturated/α-hetero) is 2. The molecule has 1 atom stereocenters. The van der Waals surface area contributed by atoms with Crippen molar-refractivity contribution >= 4 is 11.6 Å². The first-order valence-corrected chi connectivity index (χ1v) is 4.63. The van der Waals surface area contributed by atoms with Crippen molar-refractivity contribution in [1.29, 1.82) is 0 Å². The van der Waals surface area contributed by atoms with Crippen molar-refractivity contribution in [3.63, 3.8) is 0 Å². The van der Waals surface area contributed by atoms with Crippen LogP contribution in [0, 0.1) is 5.92 Å². The maximum absolute atomic E-state index is 12.2. The minimum Gasteiger partial charge on any atom is -0.469 e. The second-order valence-electron chi connectivity index (χ2n) is 3.57. The van der Waals surface area contributed by atoms with Crippen molar-refractivity contribution < 1.29 is 27.2 Å². The summed E-state index contributed by atoms with van der Waals surface area (Å²) in [5.41, 5.74) is 0.0915. The minimum absolute atomic E-state index is 0.0915. The molecule has 16 heavy (non-hydrogen) atoms. The molecule has 0 saturated carbocycles. The highest BCUT2D eigenvalue weighted by molar-refractivity contribution is 6.13. The Balaban J connectivity index is 2.29. The molecule has 0 N–H and O–H groups in total. The van der Waals surface area contributed by atoms with Crippen molar-refractivity contribution in [3.8, 4) is 0 Å². The molecule has 1 aromatic rings. The summed E-state index contributed by atoms with van der Waals surface area (Å²) < 4.78 is 41.5. The Labute approximate surface area is 88.2 Å². The third-order valence-corrected chi connectivity index (χ3v) is 2.58. The highest BCUT2D eigenvalue weighted by Crippen LogP contribution is 2.31. The van der Waals surface area contributed by atoms with Crippen LogP contribution in [0.1, 0.15) is 22.5 Å². The first-order chi connectivity index (χ1) is 7.41. The molecule has 0 spiro atoms. The van der Waals surface area contributed by atoms with Gasteiger partial charge in [-0.2, -0.15) is 13.2 Å². The van der Waals surface area contributed by atoms with Crippen LogP contribution in [-0.2, 0) is 11.2 Å². The van der Waals surface area contributed by atoms with E-state index in [0.29, 0.717) is 5.76 Å². The molecule has 3 nitrogen and oxygen atoms in total. The molecule has 1 aliphatic rings. The second kappa shape index (κ2) is 3.47. The molecule has 1 heterocycles. The Bertz CT molecular complexity index is 444. The molecule has 2 rings (SSSR count). The lowest BCUT2D eigenvalue weighted by Gasteiger charge is -2.19. The first kappa shape index (κ1) is 10.9. The summed E-state index contributed by atoms with van der Waals surface area (Å²) in [5, 5.41) is 0. The minimum atomic E-state index is -4.96. The van der Waals surface area contributed by atoms with Crippen molar-refractivity contribution in [2.75, 3.05) is 0 Å². The Morgan fingerprint density at radius 3 is 2.75 bits per heavy atom. The van der Waals surface area contributed by atoms with Crippen molar-refractivity contribution in [1.82, 2.24) is 0 Å². The summed E-state index contributed by atoms with van der Waals surface area (Å²) in [6.45, 7) is 0. The number of fused-ring (bicyclic) bond motifs is 1. The molecule has 1 aromatic heterocycles. The SMILES string of the molecule is O=C1c2ccoc2CCC1C(=O)C(F)(F)F. The third-order valence-electron chi connectivity index (χ3n) is 2.58. The molecule has 6 heteroatoms. The summed E-state index contributed by atoms with van der Waals surface area (Å²) in [7, 11) is 0. The van der Waals surface area contributed by atoms with Gasteiger partial charge in [0, 0.05) is 6.42 Å². The molecule has 0 bridgehead atoms. The number of aryl methyl sites for hydroxylation is 1. The molecule has 86 valence electrons. The van der Waals surface area contributed by atoms with Gasteiger partial charge in [0.05, 0.1) is 17.7 Å². The van der Waals surface area contributed by atoms with E-state index in [-0.39, 0.29) is 18.4 Å². The zero-order valence-electron chi connectivity index (χ0n) is 8.00. The molecule has 1 unspecified atom stereocenters. The quantitative estimate of drug-likeness (QED) is 0.697. The maximum Gasteiger partial charge on any atom is 0.450 e. The summed E-state index contributed by atoms with van der Waals surface area (Å²) >= 11 is 0. The van der Waals surface area contributed by atoms with Crippen LogP contribution in [0.5, 0.6) is 0 Å². The number of ketones is 2. The van der Waals surface area contributed by atoms with Gasteiger partial charge in [-0.3, -0.25) is 9.59 Å². The molecule has 0 aliphatic heterocycles. The molecule has 0 saturated heterocycles. The highest BCUT2D eigenvalue weighted by Gasteiger charge is 2.47. The normalized spacial score (nSPS) is 20.7. The lowest BCUT2D eigenvalue weighted by atomic mass is 9.84. The van der Waals surface area contributed by atoms with E-state index in [0.717, 1.165) is 0 Å². The number of furan rings is 1. The van der Waals surface area contributed by atoms with Gasteiger partial charge >= 0.3 is 6.18 Å². The van der Waals surface area contributed by atoms with Gasteiger partial charge in [0.25, 0.3) is 0 Å². The van der Waals surface area contributed by atoms with Crippen molar-refractivity contribution in [2.45, 2.75) is 19.0 Å². The van der Waals surface area contributed by atoms with Crippen LogP contribution in [0.25, 0.3) is 0 Å². The van der Waals surface area contributed by atoms with E-state index in [9.17, 15) is 22.8 Å². The van der Waals surface area contributed by atoms with E-state index in [4.69, 9.17) is 4.42 Å². The van der Waals surface area contributed by atoms with Crippen LogP contribution >= 0.6 is 0 Å². The summed E-state index contributed by atoms with van der Waals surface area (Å²) in [4.78, 5) is 22.6. The van der Waals surface area contributed by atoms with Gasteiger partial charge in [0.15, 0.2) is 5.78 Å². The topological polar surface area (TPSA) is 47.3 Å².